The molecule has 1 heterocycles. The van der Waals surface area contributed by atoms with E-state index in [1.807, 2.05) is 55.2 Å². The lowest BCUT2D eigenvalue weighted by Crippen LogP contribution is -2.32. The Hall–Kier alpha value is -2.17. The zero-order valence-electron chi connectivity index (χ0n) is 14.1. The molecule has 0 aliphatic carbocycles. The molecule has 0 radical (unpaired) electrons. The Morgan fingerprint density at radius 3 is 1.91 bits per heavy atom. The van der Waals surface area contributed by atoms with Crippen molar-refractivity contribution in [2.45, 2.75) is 19.3 Å². The first kappa shape index (κ1) is 17.2. The molecule has 0 saturated heterocycles. The molecule has 1 unspecified atom stereocenters. The van der Waals surface area contributed by atoms with E-state index >= 15 is 0 Å². The summed E-state index contributed by atoms with van der Waals surface area (Å²) in [6, 6.07) is 12.1. The van der Waals surface area contributed by atoms with Gasteiger partial charge in [0.2, 0.25) is 0 Å². The third kappa shape index (κ3) is 5.20. The highest BCUT2D eigenvalue weighted by atomic mass is 16.7. The fourth-order valence-electron chi connectivity index (χ4n) is 2.22. The van der Waals surface area contributed by atoms with E-state index in [0.717, 1.165) is 11.3 Å². The molecule has 1 aromatic heterocycles. The third-order valence-corrected chi connectivity index (χ3v) is 3.52. The highest BCUT2D eigenvalue weighted by Crippen LogP contribution is 2.17. The molecular formula is C19H24NO3+. The summed E-state index contributed by atoms with van der Waals surface area (Å²) in [4.78, 5) is 0. The third-order valence-electron chi connectivity index (χ3n) is 3.52. The molecule has 0 bridgehead atoms. The molecule has 0 aliphatic heterocycles. The van der Waals surface area contributed by atoms with Gasteiger partial charge in [-0.15, -0.1) is 0 Å². The van der Waals surface area contributed by atoms with E-state index < -0.39 is 0 Å². The minimum atomic E-state index is -0.381. The lowest BCUT2D eigenvalue weighted by molar-refractivity contribution is -0.671. The summed E-state index contributed by atoms with van der Waals surface area (Å²) in [7, 11) is 5.21. The molecule has 1 aromatic carbocycles. The average Bonchev–Trinajstić information content (AvgIpc) is 2.57. The number of ether oxygens (including phenoxy) is 3. The Morgan fingerprint density at radius 2 is 1.39 bits per heavy atom. The van der Waals surface area contributed by atoms with Crippen LogP contribution in [0.5, 0.6) is 5.75 Å². The Bertz CT molecular complexity index is 616. The lowest BCUT2D eigenvalue weighted by atomic mass is 10.1. The maximum atomic E-state index is 5.81. The van der Waals surface area contributed by atoms with Crippen LogP contribution in [0.4, 0.5) is 0 Å². The van der Waals surface area contributed by atoms with Crippen LogP contribution in [-0.2, 0) is 16.5 Å². The van der Waals surface area contributed by atoms with Crippen molar-refractivity contribution in [2.75, 3.05) is 14.2 Å². The molecule has 4 nitrogen and oxygen atoms in total. The van der Waals surface area contributed by atoms with Gasteiger partial charge in [0, 0.05) is 26.4 Å². The fourth-order valence-corrected chi connectivity index (χ4v) is 2.22. The number of methoxy groups -OCH3 is 2. The number of nitrogens with zero attached hydrogens (tertiary/aromatic N) is 1. The van der Waals surface area contributed by atoms with Gasteiger partial charge in [-0.2, -0.15) is 0 Å². The van der Waals surface area contributed by atoms with Gasteiger partial charge in [-0.25, -0.2) is 4.57 Å². The minimum Gasteiger partial charge on any atom is -0.485 e. The van der Waals surface area contributed by atoms with Crippen LogP contribution in [0.1, 0.15) is 18.1 Å². The molecule has 0 amide bonds. The summed E-state index contributed by atoms with van der Waals surface area (Å²) in [5.74, 6) is 0.792. The smallest absolute Gasteiger partial charge is 0.193 e. The second-order valence-corrected chi connectivity index (χ2v) is 5.36. The van der Waals surface area contributed by atoms with Gasteiger partial charge in [0.25, 0.3) is 0 Å². The van der Waals surface area contributed by atoms with Crippen molar-refractivity contribution in [1.29, 1.82) is 0 Å². The topological polar surface area (TPSA) is 31.6 Å². The standard InChI is InChI=1S/C19H24NO3/c1-15(19(21-3)22-4)23-18-9-7-16(8-10-18)5-6-17-11-13-20(2)14-12-17/h5-15,19H,1-4H3/q+1/b6-5+. The first-order valence-electron chi connectivity index (χ1n) is 7.58. The van der Waals surface area contributed by atoms with Gasteiger partial charge in [0.05, 0.1) is 0 Å². The van der Waals surface area contributed by atoms with Crippen molar-refractivity contribution in [1.82, 2.24) is 0 Å². The molecule has 122 valence electrons. The molecule has 1 atom stereocenters. The molecule has 23 heavy (non-hydrogen) atoms. The number of aromatic nitrogens is 1. The van der Waals surface area contributed by atoms with E-state index in [9.17, 15) is 0 Å². The Morgan fingerprint density at radius 1 is 0.870 bits per heavy atom. The van der Waals surface area contributed by atoms with Crippen LogP contribution in [-0.4, -0.2) is 26.6 Å². The number of rotatable bonds is 7. The maximum Gasteiger partial charge on any atom is 0.193 e. The number of benzene rings is 1. The van der Waals surface area contributed by atoms with E-state index in [2.05, 4.69) is 24.3 Å². The second-order valence-electron chi connectivity index (χ2n) is 5.36. The SMILES string of the molecule is COC(OC)C(C)Oc1ccc(/C=C/c2cc[n+](C)cc2)cc1. The van der Waals surface area contributed by atoms with Crippen molar-refractivity contribution in [3.05, 3.63) is 59.9 Å². The number of hydrogen-bond donors (Lipinski definition) is 0. The van der Waals surface area contributed by atoms with Gasteiger partial charge in [0.15, 0.2) is 18.7 Å². The van der Waals surface area contributed by atoms with E-state index in [1.165, 1.54) is 5.56 Å². The van der Waals surface area contributed by atoms with Crippen LogP contribution in [0.2, 0.25) is 0 Å². The Balaban J connectivity index is 1.97. The lowest BCUT2D eigenvalue weighted by Gasteiger charge is -2.22. The minimum absolute atomic E-state index is 0.184. The molecule has 0 saturated carbocycles. The van der Waals surface area contributed by atoms with Crippen LogP contribution in [0.15, 0.2) is 48.8 Å². The van der Waals surface area contributed by atoms with Crippen molar-refractivity contribution < 1.29 is 18.8 Å². The average molecular weight is 314 g/mol. The van der Waals surface area contributed by atoms with Gasteiger partial charge >= 0.3 is 0 Å². The van der Waals surface area contributed by atoms with Crippen LogP contribution < -0.4 is 9.30 Å². The van der Waals surface area contributed by atoms with E-state index in [4.69, 9.17) is 14.2 Å². The summed E-state index contributed by atoms with van der Waals surface area (Å²) >= 11 is 0. The monoisotopic (exact) mass is 314 g/mol. The zero-order valence-corrected chi connectivity index (χ0v) is 14.1. The van der Waals surface area contributed by atoms with Crippen molar-refractivity contribution in [3.8, 4) is 5.75 Å². The summed E-state index contributed by atoms with van der Waals surface area (Å²) < 4.78 is 18.2. The summed E-state index contributed by atoms with van der Waals surface area (Å²) in [6.45, 7) is 1.92. The highest BCUT2D eigenvalue weighted by molar-refractivity contribution is 5.69. The van der Waals surface area contributed by atoms with E-state index in [-0.39, 0.29) is 12.4 Å². The molecule has 0 N–H and O–H groups in total. The first-order valence-corrected chi connectivity index (χ1v) is 7.58. The summed E-state index contributed by atoms with van der Waals surface area (Å²) in [5.41, 5.74) is 2.29. The van der Waals surface area contributed by atoms with Crippen molar-refractivity contribution in [3.63, 3.8) is 0 Å². The van der Waals surface area contributed by atoms with E-state index in [0.29, 0.717) is 0 Å². The Kier molecular flexibility index (Phi) is 6.32. The predicted molar refractivity (Wildman–Crippen MR) is 90.9 cm³/mol. The van der Waals surface area contributed by atoms with Crippen LogP contribution in [0, 0.1) is 0 Å². The molecule has 0 spiro atoms. The number of pyridine rings is 1. The van der Waals surface area contributed by atoms with Gasteiger partial charge < -0.3 is 14.2 Å². The molecule has 2 rings (SSSR count). The maximum absolute atomic E-state index is 5.81. The van der Waals surface area contributed by atoms with Crippen LogP contribution in [0.25, 0.3) is 12.2 Å². The Labute approximate surface area is 137 Å². The van der Waals surface area contributed by atoms with Gasteiger partial charge in [-0.3, -0.25) is 0 Å². The van der Waals surface area contributed by atoms with Crippen LogP contribution >= 0.6 is 0 Å². The molecule has 4 heteroatoms. The van der Waals surface area contributed by atoms with Gasteiger partial charge in [0.1, 0.15) is 18.9 Å². The molecule has 0 fully saturated rings. The highest BCUT2D eigenvalue weighted by Gasteiger charge is 2.17. The molecular weight excluding hydrogens is 290 g/mol. The quantitative estimate of drug-likeness (QED) is 0.581. The number of aryl methyl sites for hydroxylation is 1. The fraction of sp³-hybridized carbons (Fsp3) is 0.316. The predicted octanol–water partition coefficient (Wildman–Crippen LogP) is 3.07. The van der Waals surface area contributed by atoms with Crippen molar-refractivity contribution >= 4 is 12.2 Å². The summed E-state index contributed by atoms with van der Waals surface area (Å²) in [6.07, 6.45) is 7.66. The normalized spacial score (nSPS) is 12.7. The van der Waals surface area contributed by atoms with Crippen LogP contribution in [0.3, 0.4) is 0 Å². The van der Waals surface area contributed by atoms with Gasteiger partial charge in [-0.1, -0.05) is 24.3 Å². The number of hydrogen-bond acceptors (Lipinski definition) is 3. The second kappa shape index (κ2) is 8.46. The zero-order chi connectivity index (χ0) is 16.7. The van der Waals surface area contributed by atoms with E-state index in [1.54, 1.807) is 14.2 Å². The molecule has 0 aliphatic rings. The molecule has 2 aromatic rings. The summed E-state index contributed by atoms with van der Waals surface area (Å²) in [5, 5.41) is 0. The largest absolute Gasteiger partial charge is 0.485 e. The first-order chi connectivity index (χ1) is 11.1. The van der Waals surface area contributed by atoms with Gasteiger partial charge in [-0.05, 0) is 30.2 Å². The van der Waals surface area contributed by atoms with Crippen molar-refractivity contribution in [2.24, 2.45) is 7.05 Å².